The molecule has 1 aromatic carbocycles. The lowest BCUT2D eigenvalue weighted by Gasteiger charge is -2.38. The van der Waals surface area contributed by atoms with E-state index in [0.717, 1.165) is 44.5 Å². The number of allylic oxidation sites excluding steroid dienone is 2. The van der Waals surface area contributed by atoms with Gasteiger partial charge in [0.2, 0.25) is 0 Å². The van der Waals surface area contributed by atoms with Crippen LogP contribution in [0.1, 0.15) is 39.2 Å². The fourth-order valence-corrected chi connectivity index (χ4v) is 4.53. The Morgan fingerprint density at radius 1 is 1.20 bits per heavy atom. The highest BCUT2D eigenvalue weighted by molar-refractivity contribution is 6.35. The van der Waals surface area contributed by atoms with Gasteiger partial charge in [-0.2, -0.15) is 0 Å². The largest absolute Gasteiger partial charge is 0.338 e. The van der Waals surface area contributed by atoms with Crippen molar-refractivity contribution >= 4 is 29.1 Å². The Hall–Kier alpha value is -1.09. The molecule has 1 heterocycles. The second kappa shape index (κ2) is 8.53. The molecule has 0 bridgehead atoms. The van der Waals surface area contributed by atoms with Crippen molar-refractivity contribution in [3.05, 3.63) is 58.1 Å². The number of hydrogen-bond acceptors (Lipinski definition) is 1. The molecule has 0 spiro atoms. The number of rotatable bonds is 6. The SMILES string of the molecule is CC=CC(C)(Cc1ccc(Cl)cc1Cl)C[N+]1(C(=O)/C=C/C)CCCC1. The van der Waals surface area contributed by atoms with Gasteiger partial charge in [-0.3, -0.25) is 4.48 Å². The van der Waals surface area contributed by atoms with Gasteiger partial charge in [0.1, 0.15) is 0 Å². The zero-order chi connectivity index (χ0) is 18.5. The summed E-state index contributed by atoms with van der Waals surface area (Å²) in [7, 11) is 0. The van der Waals surface area contributed by atoms with Gasteiger partial charge in [-0.25, -0.2) is 4.79 Å². The fraction of sp³-hybridized carbons (Fsp3) is 0.476. The third kappa shape index (κ3) is 4.97. The lowest BCUT2D eigenvalue weighted by atomic mass is 9.81. The molecule has 0 saturated carbocycles. The summed E-state index contributed by atoms with van der Waals surface area (Å²) >= 11 is 12.4. The highest BCUT2D eigenvalue weighted by atomic mass is 35.5. The first-order chi connectivity index (χ1) is 11.8. The minimum Gasteiger partial charge on any atom is -0.256 e. The molecule has 0 aliphatic carbocycles. The minimum absolute atomic E-state index is 0.145. The van der Waals surface area contributed by atoms with Crippen LogP contribution in [-0.4, -0.2) is 30.0 Å². The Morgan fingerprint density at radius 2 is 1.88 bits per heavy atom. The van der Waals surface area contributed by atoms with E-state index in [0.29, 0.717) is 14.5 Å². The van der Waals surface area contributed by atoms with Crippen LogP contribution < -0.4 is 0 Å². The molecular weight excluding hydrogens is 353 g/mol. The topological polar surface area (TPSA) is 17.1 Å². The molecule has 136 valence electrons. The second-order valence-electron chi connectivity index (χ2n) is 7.36. The van der Waals surface area contributed by atoms with Crippen LogP contribution >= 0.6 is 23.2 Å². The normalized spacial score (nSPS) is 19.6. The van der Waals surface area contributed by atoms with E-state index in [1.807, 2.05) is 32.1 Å². The second-order valence-corrected chi connectivity index (χ2v) is 8.21. The Labute approximate surface area is 161 Å². The van der Waals surface area contributed by atoms with Crippen molar-refractivity contribution in [2.24, 2.45) is 5.41 Å². The van der Waals surface area contributed by atoms with Gasteiger partial charge in [0.15, 0.2) is 0 Å². The van der Waals surface area contributed by atoms with Crippen molar-refractivity contribution in [1.29, 1.82) is 0 Å². The van der Waals surface area contributed by atoms with E-state index in [-0.39, 0.29) is 11.3 Å². The van der Waals surface area contributed by atoms with E-state index >= 15 is 0 Å². The quantitative estimate of drug-likeness (QED) is 0.344. The Kier molecular flexibility index (Phi) is 6.90. The van der Waals surface area contributed by atoms with E-state index in [2.05, 4.69) is 19.1 Å². The molecule has 1 fully saturated rings. The number of hydrogen-bond donors (Lipinski definition) is 0. The molecule has 0 N–H and O–H groups in total. The van der Waals surface area contributed by atoms with Crippen LogP contribution in [0.25, 0.3) is 0 Å². The van der Waals surface area contributed by atoms with Crippen molar-refractivity contribution in [3.63, 3.8) is 0 Å². The molecule has 1 aromatic rings. The molecule has 4 heteroatoms. The van der Waals surface area contributed by atoms with Crippen LogP contribution in [0.4, 0.5) is 0 Å². The summed E-state index contributed by atoms with van der Waals surface area (Å²) in [6, 6.07) is 5.66. The van der Waals surface area contributed by atoms with Crippen LogP contribution in [0, 0.1) is 5.41 Å². The number of amides is 1. The summed E-state index contributed by atoms with van der Waals surface area (Å²) in [6.07, 6.45) is 10.9. The van der Waals surface area contributed by atoms with Crippen LogP contribution in [-0.2, 0) is 11.2 Å². The van der Waals surface area contributed by atoms with Crippen LogP contribution in [0.2, 0.25) is 10.0 Å². The number of nitrogens with zero attached hydrogens (tertiary/aromatic N) is 1. The lowest BCUT2D eigenvalue weighted by Crippen LogP contribution is -2.55. The maximum Gasteiger partial charge on any atom is 0.338 e. The summed E-state index contributed by atoms with van der Waals surface area (Å²) < 4.78 is 0.538. The van der Waals surface area contributed by atoms with E-state index in [9.17, 15) is 4.79 Å². The van der Waals surface area contributed by atoms with Gasteiger partial charge < -0.3 is 0 Å². The van der Waals surface area contributed by atoms with E-state index in [1.165, 1.54) is 0 Å². The first-order valence-corrected chi connectivity index (χ1v) is 9.71. The lowest BCUT2D eigenvalue weighted by molar-refractivity contribution is -0.845. The highest BCUT2D eigenvalue weighted by Gasteiger charge is 2.43. The standard InChI is InChI=1S/C21H28Cl2NO/c1-4-8-20(25)24(12-6-7-13-24)16-21(3,11-5-2)15-17-9-10-18(22)14-19(17)23/h4-5,8-11,14H,6-7,12-13,15-16H2,1-3H3/q+1/b8-4+,11-5?. The first-order valence-electron chi connectivity index (χ1n) is 8.95. The summed E-state index contributed by atoms with van der Waals surface area (Å²) in [5.41, 5.74) is 0.927. The Balaban J connectivity index is 2.33. The predicted molar refractivity (Wildman–Crippen MR) is 107 cm³/mol. The van der Waals surface area contributed by atoms with Crippen LogP contribution in [0.5, 0.6) is 0 Å². The molecule has 1 aliphatic heterocycles. The molecule has 1 saturated heterocycles. The molecule has 1 aliphatic rings. The predicted octanol–water partition coefficient (Wildman–Crippen LogP) is 5.83. The molecule has 0 aromatic heterocycles. The summed E-state index contributed by atoms with van der Waals surface area (Å²) in [5.74, 6) is 0.220. The maximum absolute atomic E-state index is 12.8. The van der Waals surface area contributed by atoms with Crippen LogP contribution in [0.15, 0.2) is 42.5 Å². The van der Waals surface area contributed by atoms with Gasteiger partial charge in [-0.15, -0.1) is 0 Å². The van der Waals surface area contributed by atoms with Crippen molar-refractivity contribution in [2.45, 2.75) is 40.0 Å². The minimum atomic E-state index is -0.145. The van der Waals surface area contributed by atoms with Gasteiger partial charge >= 0.3 is 5.91 Å². The summed E-state index contributed by atoms with van der Waals surface area (Å²) in [4.78, 5) is 12.8. The molecule has 1 amide bonds. The molecular formula is C21H28Cl2NO+. The van der Waals surface area contributed by atoms with E-state index in [1.54, 1.807) is 12.1 Å². The third-order valence-electron chi connectivity index (χ3n) is 5.04. The maximum atomic E-state index is 12.8. The molecule has 0 radical (unpaired) electrons. The molecule has 25 heavy (non-hydrogen) atoms. The number of quaternary nitrogens is 1. The zero-order valence-corrected chi connectivity index (χ0v) is 16.9. The van der Waals surface area contributed by atoms with Gasteiger partial charge in [-0.05, 0) is 38.0 Å². The van der Waals surface area contributed by atoms with Gasteiger partial charge in [0.05, 0.1) is 19.6 Å². The molecule has 1 atom stereocenters. The summed E-state index contributed by atoms with van der Waals surface area (Å²) in [5, 5.41) is 1.34. The van der Waals surface area contributed by atoms with Crippen molar-refractivity contribution in [2.75, 3.05) is 19.6 Å². The Bertz CT molecular complexity index is 674. The van der Waals surface area contributed by atoms with E-state index < -0.39 is 0 Å². The van der Waals surface area contributed by atoms with Crippen molar-refractivity contribution in [1.82, 2.24) is 0 Å². The Morgan fingerprint density at radius 3 is 2.44 bits per heavy atom. The average Bonchev–Trinajstić information content (AvgIpc) is 3.00. The number of likely N-dealkylation sites (tertiary alicyclic amines) is 1. The van der Waals surface area contributed by atoms with E-state index in [4.69, 9.17) is 23.2 Å². The zero-order valence-electron chi connectivity index (χ0n) is 15.4. The number of carbonyl (C=O) groups is 1. The molecule has 2 nitrogen and oxygen atoms in total. The molecule has 2 rings (SSSR count). The van der Waals surface area contributed by atoms with Crippen LogP contribution in [0.3, 0.4) is 0 Å². The number of benzene rings is 1. The summed E-state index contributed by atoms with van der Waals surface area (Å²) in [6.45, 7) is 8.79. The third-order valence-corrected chi connectivity index (χ3v) is 5.63. The monoisotopic (exact) mass is 380 g/mol. The highest BCUT2D eigenvalue weighted by Crippen LogP contribution is 2.35. The first kappa shape index (κ1) is 20.2. The fourth-order valence-electron chi connectivity index (χ4n) is 4.06. The smallest absolute Gasteiger partial charge is 0.256 e. The number of halogens is 2. The van der Waals surface area contributed by atoms with Gasteiger partial charge in [0.25, 0.3) is 0 Å². The van der Waals surface area contributed by atoms with Gasteiger partial charge in [-0.1, -0.05) is 54.4 Å². The average molecular weight is 381 g/mol. The van der Waals surface area contributed by atoms with Gasteiger partial charge in [0, 0.05) is 34.4 Å². The van der Waals surface area contributed by atoms with Crippen molar-refractivity contribution < 1.29 is 9.28 Å². The van der Waals surface area contributed by atoms with Crippen molar-refractivity contribution in [3.8, 4) is 0 Å². The molecule has 1 unspecified atom stereocenters. The number of carbonyl (C=O) groups excluding carboxylic acids is 1.